The van der Waals surface area contributed by atoms with Crippen LogP contribution in [-0.4, -0.2) is 36.7 Å². The summed E-state index contributed by atoms with van der Waals surface area (Å²) in [5, 5.41) is 11.5. The number of hydrogen-bond donors (Lipinski definition) is 2. The SMILES string of the molecule is COC(C)(O)Cc1ccnc(-c2cccc3cc(C(NS(=O)(=O)C4CC4)c4ccccc4Cl)sc23)c1. The Kier molecular flexibility index (Phi) is 6.93. The minimum absolute atomic E-state index is 0.322. The molecule has 2 aromatic carbocycles. The maximum Gasteiger partial charge on any atom is 0.215 e. The van der Waals surface area contributed by atoms with Crippen LogP contribution in [0.2, 0.25) is 5.02 Å². The Morgan fingerprint density at radius 3 is 2.69 bits per heavy atom. The Bertz CT molecular complexity index is 1510. The van der Waals surface area contributed by atoms with Crippen LogP contribution in [0.25, 0.3) is 21.3 Å². The van der Waals surface area contributed by atoms with Crippen molar-refractivity contribution in [3.05, 3.63) is 87.9 Å². The van der Waals surface area contributed by atoms with E-state index in [1.807, 2.05) is 54.6 Å². The van der Waals surface area contributed by atoms with Gasteiger partial charge in [0.25, 0.3) is 0 Å². The van der Waals surface area contributed by atoms with Crippen LogP contribution in [0.3, 0.4) is 0 Å². The number of hydrogen-bond acceptors (Lipinski definition) is 6. The van der Waals surface area contributed by atoms with E-state index in [1.165, 1.54) is 18.4 Å². The van der Waals surface area contributed by atoms with Crippen molar-refractivity contribution in [3.8, 4) is 11.3 Å². The number of aromatic nitrogens is 1. The third-order valence-electron chi connectivity index (χ3n) is 6.38. The van der Waals surface area contributed by atoms with Gasteiger partial charge in [0, 0.05) is 39.9 Å². The molecule has 2 N–H and O–H groups in total. The summed E-state index contributed by atoms with van der Waals surface area (Å²) < 4.78 is 35.0. The van der Waals surface area contributed by atoms with Gasteiger partial charge in [-0.2, -0.15) is 0 Å². The highest BCUT2D eigenvalue weighted by atomic mass is 35.5. The van der Waals surface area contributed by atoms with E-state index < -0.39 is 21.9 Å². The first-order valence-corrected chi connectivity index (χ1v) is 14.4. The predicted molar refractivity (Wildman–Crippen MR) is 145 cm³/mol. The average molecular weight is 543 g/mol. The van der Waals surface area contributed by atoms with E-state index in [-0.39, 0.29) is 5.25 Å². The summed E-state index contributed by atoms with van der Waals surface area (Å²) in [6, 6.07) is 18.5. The molecular weight excluding hydrogens is 516 g/mol. The van der Waals surface area contributed by atoms with Gasteiger partial charge in [-0.1, -0.05) is 48.0 Å². The molecule has 0 amide bonds. The van der Waals surface area contributed by atoms with Gasteiger partial charge in [-0.25, -0.2) is 13.1 Å². The number of sulfonamides is 1. The molecule has 1 fully saturated rings. The van der Waals surface area contributed by atoms with Gasteiger partial charge in [-0.15, -0.1) is 11.3 Å². The maximum atomic E-state index is 13.0. The van der Waals surface area contributed by atoms with Gasteiger partial charge < -0.3 is 9.84 Å². The molecule has 36 heavy (non-hydrogen) atoms. The second-order valence-electron chi connectivity index (χ2n) is 9.29. The second kappa shape index (κ2) is 9.85. The van der Waals surface area contributed by atoms with Crippen molar-refractivity contribution in [3.63, 3.8) is 0 Å². The van der Waals surface area contributed by atoms with Crippen LogP contribution in [0, 0.1) is 0 Å². The molecule has 1 aliphatic carbocycles. The van der Waals surface area contributed by atoms with Gasteiger partial charge in [-0.05, 0) is 60.5 Å². The Balaban J connectivity index is 1.58. The third-order valence-corrected chi connectivity index (χ3v) is 9.89. The van der Waals surface area contributed by atoms with Crippen molar-refractivity contribution in [1.82, 2.24) is 9.71 Å². The monoisotopic (exact) mass is 542 g/mol. The number of benzene rings is 2. The first-order valence-electron chi connectivity index (χ1n) is 11.7. The lowest BCUT2D eigenvalue weighted by molar-refractivity contribution is -0.169. The fourth-order valence-electron chi connectivity index (χ4n) is 4.23. The van der Waals surface area contributed by atoms with Gasteiger partial charge >= 0.3 is 0 Å². The van der Waals surface area contributed by atoms with Crippen molar-refractivity contribution < 1.29 is 18.3 Å². The molecule has 9 heteroatoms. The summed E-state index contributed by atoms with van der Waals surface area (Å²) in [6.07, 6.45) is 3.40. The molecule has 2 heterocycles. The van der Waals surface area contributed by atoms with E-state index in [1.54, 1.807) is 19.2 Å². The highest BCUT2D eigenvalue weighted by Gasteiger charge is 2.38. The maximum absolute atomic E-state index is 13.0. The average Bonchev–Trinajstić information content (AvgIpc) is 3.63. The molecule has 5 rings (SSSR count). The number of methoxy groups -OCH3 is 1. The van der Waals surface area contributed by atoms with Gasteiger partial charge in [0.2, 0.25) is 10.0 Å². The number of nitrogens with one attached hydrogen (secondary N) is 1. The first-order chi connectivity index (χ1) is 17.2. The molecule has 0 aliphatic heterocycles. The number of fused-ring (bicyclic) bond motifs is 1. The lowest BCUT2D eigenvalue weighted by Crippen LogP contribution is -2.31. The Morgan fingerprint density at radius 1 is 1.19 bits per heavy atom. The van der Waals surface area contributed by atoms with E-state index in [0.717, 1.165) is 37.3 Å². The second-order valence-corrected chi connectivity index (χ2v) is 12.8. The largest absolute Gasteiger partial charge is 0.365 e. The van der Waals surface area contributed by atoms with Crippen LogP contribution >= 0.6 is 22.9 Å². The zero-order valence-electron chi connectivity index (χ0n) is 19.9. The summed E-state index contributed by atoms with van der Waals surface area (Å²) in [6.45, 7) is 1.62. The fourth-order valence-corrected chi connectivity index (χ4v) is 7.34. The summed E-state index contributed by atoms with van der Waals surface area (Å²) in [5.74, 6) is -1.28. The molecule has 6 nitrogen and oxygen atoms in total. The number of ether oxygens (including phenoxy) is 1. The van der Waals surface area contributed by atoms with Crippen LogP contribution in [0.1, 0.15) is 41.8 Å². The number of nitrogens with zero attached hydrogens (tertiary/aromatic N) is 1. The molecule has 1 saturated carbocycles. The minimum atomic E-state index is -3.47. The molecule has 1 aliphatic rings. The highest BCUT2D eigenvalue weighted by molar-refractivity contribution is 7.90. The van der Waals surface area contributed by atoms with E-state index >= 15 is 0 Å². The number of rotatable bonds is 9. The van der Waals surface area contributed by atoms with Gasteiger partial charge in [0.05, 0.1) is 17.0 Å². The lowest BCUT2D eigenvalue weighted by Gasteiger charge is -2.21. The van der Waals surface area contributed by atoms with E-state index in [0.29, 0.717) is 24.3 Å². The summed E-state index contributed by atoms with van der Waals surface area (Å²) in [5.41, 5.74) is 3.32. The van der Waals surface area contributed by atoms with E-state index in [2.05, 4.69) is 9.71 Å². The fraction of sp³-hybridized carbons (Fsp3) is 0.296. The van der Waals surface area contributed by atoms with Crippen LogP contribution < -0.4 is 4.72 Å². The normalized spacial score (nSPS) is 16.7. The molecular formula is C27H27ClN2O4S2. The van der Waals surface area contributed by atoms with Crippen LogP contribution in [0.15, 0.2) is 66.9 Å². The van der Waals surface area contributed by atoms with Crippen LogP contribution in [0.5, 0.6) is 0 Å². The molecule has 188 valence electrons. The molecule has 0 spiro atoms. The molecule has 0 bridgehead atoms. The Hall–Kier alpha value is -2.33. The number of aliphatic hydroxyl groups is 1. The standard InChI is InChI=1S/C27H27ClN2O4S2/c1-27(31,34-2)16-17-12-13-29-23(14-17)21-8-5-6-18-15-24(35-26(18)21)25(20-7-3-4-9-22(20)28)30-36(32,33)19-10-11-19/h3-9,12-15,19,25,30-31H,10-11,16H2,1-2H3. The number of pyridine rings is 1. The van der Waals surface area contributed by atoms with Crippen molar-refractivity contribution in [2.75, 3.05) is 7.11 Å². The summed E-state index contributed by atoms with van der Waals surface area (Å²) in [4.78, 5) is 5.44. The van der Waals surface area contributed by atoms with E-state index in [4.69, 9.17) is 16.3 Å². The van der Waals surface area contributed by atoms with Gasteiger partial charge in [0.15, 0.2) is 5.79 Å². The molecule has 2 atom stereocenters. The smallest absolute Gasteiger partial charge is 0.215 e. The topological polar surface area (TPSA) is 88.5 Å². The van der Waals surface area contributed by atoms with Crippen LogP contribution in [0.4, 0.5) is 0 Å². The van der Waals surface area contributed by atoms with E-state index in [9.17, 15) is 13.5 Å². The first kappa shape index (κ1) is 25.3. The summed E-state index contributed by atoms with van der Waals surface area (Å²) in [7, 11) is -2.00. The highest BCUT2D eigenvalue weighted by Crippen LogP contribution is 2.41. The Labute approximate surface area is 220 Å². The van der Waals surface area contributed by atoms with Crippen molar-refractivity contribution >= 4 is 43.0 Å². The zero-order chi connectivity index (χ0) is 25.5. The molecule has 2 aromatic heterocycles. The van der Waals surface area contributed by atoms with Gasteiger partial charge in [-0.3, -0.25) is 4.98 Å². The predicted octanol–water partition coefficient (Wildman–Crippen LogP) is 5.69. The summed E-state index contributed by atoms with van der Waals surface area (Å²) >= 11 is 8.06. The van der Waals surface area contributed by atoms with Crippen molar-refractivity contribution in [2.24, 2.45) is 0 Å². The molecule has 0 radical (unpaired) electrons. The van der Waals surface area contributed by atoms with Crippen molar-refractivity contribution in [1.29, 1.82) is 0 Å². The zero-order valence-corrected chi connectivity index (χ0v) is 22.3. The van der Waals surface area contributed by atoms with Gasteiger partial charge in [0.1, 0.15) is 0 Å². The molecule has 0 saturated heterocycles. The van der Waals surface area contributed by atoms with Crippen molar-refractivity contribution in [2.45, 2.75) is 43.3 Å². The number of thiophene rings is 1. The quantitative estimate of drug-likeness (QED) is 0.265. The van der Waals surface area contributed by atoms with Crippen LogP contribution in [-0.2, 0) is 21.2 Å². The lowest BCUT2D eigenvalue weighted by atomic mass is 10.0. The minimum Gasteiger partial charge on any atom is -0.365 e. The molecule has 2 unspecified atom stereocenters. The Morgan fingerprint density at radius 2 is 1.97 bits per heavy atom. The molecule has 4 aromatic rings. The third kappa shape index (κ3) is 5.34. The number of halogens is 1.